The molecule has 1 aliphatic rings. The van der Waals surface area contributed by atoms with Crippen LogP contribution in [-0.4, -0.2) is 37.0 Å². The molecule has 106 valence electrons. The van der Waals surface area contributed by atoms with Gasteiger partial charge in [0.25, 0.3) is 0 Å². The molecule has 0 amide bonds. The molecule has 0 aliphatic carbocycles. The third-order valence-corrected chi connectivity index (χ3v) is 3.91. The fraction of sp³-hybridized carbons (Fsp3) is 0.600. The Balaban J connectivity index is 2.11. The highest BCUT2D eigenvalue weighted by Crippen LogP contribution is 2.31. The lowest BCUT2D eigenvalue weighted by molar-refractivity contribution is -0.0534. The molecule has 0 saturated heterocycles. The van der Waals surface area contributed by atoms with Crippen LogP contribution < -0.4 is 11.1 Å². The van der Waals surface area contributed by atoms with E-state index in [9.17, 15) is 5.11 Å². The molecule has 19 heavy (non-hydrogen) atoms. The van der Waals surface area contributed by atoms with Gasteiger partial charge in [-0.2, -0.15) is 0 Å². The molecule has 1 heterocycles. The number of rotatable bonds is 6. The highest BCUT2D eigenvalue weighted by atomic mass is 16.5. The minimum atomic E-state index is -0.846. The van der Waals surface area contributed by atoms with E-state index in [0.717, 1.165) is 24.9 Å². The molecular formula is C15H24N2O2. The number of ether oxygens (including phenoxy) is 1. The molecule has 0 bridgehead atoms. The first kappa shape index (κ1) is 14.3. The number of anilines is 1. The van der Waals surface area contributed by atoms with Gasteiger partial charge < -0.3 is 20.9 Å². The topological polar surface area (TPSA) is 67.5 Å². The molecule has 2 atom stereocenters. The maximum atomic E-state index is 10.8. The van der Waals surface area contributed by atoms with Crippen LogP contribution >= 0.6 is 0 Å². The van der Waals surface area contributed by atoms with Gasteiger partial charge in [-0.3, -0.25) is 0 Å². The van der Waals surface area contributed by atoms with Gasteiger partial charge in [0.05, 0.1) is 12.6 Å². The molecule has 0 spiro atoms. The van der Waals surface area contributed by atoms with Crippen molar-refractivity contribution in [2.75, 3.05) is 25.6 Å². The maximum Gasteiger partial charge on any atom is 0.108 e. The lowest BCUT2D eigenvalue weighted by atomic mass is 9.83. The third kappa shape index (κ3) is 3.26. The summed E-state index contributed by atoms with van der Waals surface area (Å²) in [7, 11) is 1.63. The summed E-state index contributed by atoms with van der Waals surface area (Å²) in [5.41, 5.74) is 7.16. The van der Waals surface area contributed by atoms with Gasteiger partial charge in [-0.15, -0.1) is 0 Å². The summed E-state index contributed by atoms with van der Waals surface area (Å²) in [6, 6.07) is 8.29. The smallest absolute Gasteiger partial charge is 0.108 e. The molecular weight excluding hydrogens is 240 g/mol. The van der Waals surface area contributed by atoms with Gasteiger partial charge in [-0.05, 0) is 43.9 Å². The van der Waals surface area contributed by atoms with E-state index in [4.69, 9.17) is 10.5 Å². The quantitative estimate of drug-likeness (QED) is 0.729. The molecule has 0 fully saturated rings. The Kier molecular flexibility index (Phi) is 4.80. The summed E-state index contributed by atoms with van der Waals surface area (Å²) < 4.78 is 5.21. The Morgan fingerprint density at radius 3 is 3.00 bits per heavy atom. The van der Waals surface area contributed by atoms with Crippen molar-refractivity contribution in [1.82, 2.24) is 0 Å². The first-order chi connectivity index (χ1) is 9.19. The van der Waals surface area contributed by atoms with E-state index in [1.54, 1.807) is 7.11 Å². The van der Waals surface area contributed by atoms with Crippen LogP contribution in [0.25, 0.3) is 0 Å². The number of aliphatic hydroxyl groups is 1. The summed E-state index contributed by atoms with van der Waals surface area (Å²) in [6.07, 6.45) is 3.38. The first-order valence-corrected chi connectivity index (χ1v) is 6.95. The van der Waals surface area contributed by atoms with E-state index < -0.39 is 5.60 Å². The van der Waals surface area contributed by atoms with Crippen LogP contribution in [0.1, 0.15) is 24.8 Å². The summed E-state index contributed by atoms with van der Waals surface area (Å²) in [4.78, 5) is 0. The molecule has 4 nitrogen and oxygen atoms in total. The van der Waals surface area contributed by atoms with Crippen LogP contribution in [0.15, 0.2) is 24.3 Å². The standard InChI is InChI=1S/C15H24N2O2/c1-19-11-15(18,9-4-10-16)14-8-7-12-5-2-3-6-13(12)17-14/h2-3,5-6,14,17-18H,4,7-11,16H2,1H3. The van der Waals surface area contributed by atoms with Crippen LogP contribution in [0.4, 0.5) is 5.69 Å². The second-order valence-electron chi connectivity index (χ2n) is 5.32. The largest absolute Gasteiger partial charge is 0.385 e. The molecule has 2 rings (SSSR count). The van der Waals surface area contributed by atoms with Crippen LogP contribution in [0, 0.1) is 0 Å². The Morgan fingerprint density at radius 2 is 2.26 bits per heavy atom. The van der Waals surface area contributed by atoms with Gasteiger partial charge in [0.1, 0.15) is 5.60 Å². The van der Waals surface area contributed by atoms with Crippen molar-refractivity contribution in [3.8, 4) is 0 Å². The van der Waals surface area contributed by atoms with E-state index in [1.165, 1.54) is 5.56 Å². The second kappa shape index (κ2) is 6.37. The summed E-state index contributed by atoms with van der Waals surface area (Å²) in [6.45, 7) is 0.933. The van der Waals surface area contributed by atoms with Gasteiger partial charge in [0.2, 0.25) is 0 Å². The molecule has 1 aliphatic heterocycles. The van der Waals surface area contributed by atoms with Crippen LogP contribution in [0.3, 0.4) is 0 Å². The van der Waals surface area contributed by atoms with E-state index in [2.05, 4.69) is 23.5 Å². The third-order valence-electron chi connectivity index (χ3n) is 3.91. The number of aryl methyl sites for hydroxylation is 1. The lowest BCUT2D eigenvalue weighted by Crippen LogP contribution is -2.52. The number of nitrogens with two attached hydrogens (primary N) is 1. The normalized spacial score (nSPS) is 21.3. The highest BCUT2D eigenvalue weighted by molar-refractivity contribution is 5.54. The Labute approximate surface area is 115 Å². The van der Waals surface area contributed by atoms with Gasteiger partial charge in [0.15, 0.2) is 0 Å². The fourth-order valence-electron chi connectivity index (χ4n) is 2.85. The van der Waals surface area contributed by atoms with Crippen molar-refractivity contribution in [1.29, 1.82) is 0 Å². The molecule has 4 N–H and O–H groups in total. The van der Waals surface area contributed by atoms with E-state index in [0.29, 0.717) is 19.6 Å². The zero-order valence-electron chi connectivity index (χ0n) is 11.6. The molecule has 4 heteroatoms. The average molecular weight is 264 g/mol. The van der Waals surface area contributed by atoms with Crippen molar-refractivity contribution in [3.05, 3.63) is 29.8 Å². The Hall–Kier alpha value is -1.10. The van der Waals surface area contributed by atoms with Gasteiger partial charge in [0, 0.05) is 12.8 Å². The number of methoxy groups -OCH3 is 1. The molecule has 2 unspecified atom stereocenters. The number of benzene rings is 1. The van der Waals surface area contributed by atoms with Crippen molar-refractivity contribution in [2.45, 2.75) is 37.3 Å². The summed E-state index contributed by atoms with van der Waals surface area (Å²) in [5, 5.41) is 14.3. The molecule has 0 aromatic heterocycles. The van der Waals surface area contributed by atoms with Gasteiger partial charge >= 0.3 is 0 Å². The maximum absolute atomic E-state index is 10.8. The van der Waals surface area contributed by atoms with Crippen molar-refractivity contribution in [3.63, 3.8) is 0 Å². The Bertz CT molecular complexity index is 411. The minimum Gasteiger partial charge on any atom is -0.385 e. The predicted molar refractivity (Wildman–Crippen MR) is 77.3 cm³/mol. The second-order valence-corrected chi connectivity index (χ2v) is 5.32. The summed E-state index contributed by atoms with van der Waals surface area (Å²) >= 11 is 0. The van der Waals surface area contributed by atoms with Crippen molar-refractivity contribution in [2.24, 2.45) is 5.73 Å². The van der Waals surface area contributed by atoms with E-state index >= 15 is 0 Å². The number of nitrogens with one attached hydrogen (secondary N) is 1. The SMILES string of the molecule is COCC(O)(CCCN)C1CCc2ccccc2N1. The lowest BCUT2D eigenvalue weighted by Gasteiger charge is -2.39. The van der Waals surface area contributed by atoms with Crippen molar-refractivity contribution < 1.29 is 9.84 Å². The average Bonchev–Trinajstić information content (AvgIpc) is 2.45. The number of hydrogen-bond donors (Lipinski definition) is 3. The number of hydrogen-bond acceptors (Lipinski definition) is 4. The molecule has 1 aromatic rings. The van der Waals surface area contributed by atoms with Crippen LogP contribution in [-0.2, 0) is 11.2 Å². The number of para-hydroxylation sites is 1. The Morgan fingerprint density at radius 1 is 1.47 bits per heavy atom. The zero-order valence-corrected chi connectivity index (χ0v) is 11.6. The van der Waals surface area contributed by atoms with Crippen LogP contribution in [0.5, 0.6) is 0 Å². The molecule has 0 saturated carbocycles. The van der Waals surface area contributed by atoms with Gasteiger partial charge in [-0.25, -0.2) is 0 Å². The molecule has 1 aromatic carbocycles. The summed E-state index contributed by atoms with van der Waals surface area (Å²) in [5.74, 6) is 0. The monoisotopic (exact) mass is 264 g/mol. The van der Waals surface area contributed by atoms with Gasteiger partial charge in [-0.1, -0.05) is 18.2 Å². The van der Waals surface area contributed by atoms with Crippen molar-refractivity contribution >= 4 is 5.69 Å². The van der Waals surface area contributed by atoms with E-state index in [1.807, 2.05) is 6.07 Å². The van der Waals surface area contributed by atoms with Crippen LogP contribution in [0.2, 0.25) is 0 Å². The predicted octanol–water partition coefficient (Wildman–Crippen LogP) is 1.53. The zero-order chi connectivity index (χ0) is 13.7. The minimum absolute atomic E-state index is 0.0221. The first-order valence-electron chi connectivity index (χ1n) is 6.95. The fourth-order valence-corrected chi connectivity index (χ4v) is 2.85. The molecule has 0 radical (unpaired) electrons. The van der Waals surface area contributed by atoms with E-state index in [-0.39, 0.29) is 6.04 Å². The number of fused-ring (bicyclic) bond motifs is 1. The highest BCUT2D eigenvalue weighted by Gasteiger charge is 2.38.